The van der Waals surface area contributed by atoms with E-state index in [1.807, 2.05) is 25.1 Å². The molecule has 0 aliphatic carbocycles. The highest BCUT2D eigenvalue weighted by Gasteiger charge is 2.11. The van der Waals surface area contributed by atoms with E-state index in [1.165, 1.54) is 15.7 Å². The molecule has 20 heavy (non-hydrogen) atoms. The predicted octanol–water partition coefficient (Wildman–Crippen LogP) is 4.91. The van der Waals surface area contributed by atoms with Crippen molar-refractivity contribution in [3.63, 3.8) is 0 Å². The summed E-state index contributed by atoms with van der Waals surface area (Å²) in [6.07, 6.45) is 1.59. The fraction of sp³-hybridized carbons (Fsp3) is 0.0714. The second kappa shape index (κ2) is 6.32. The molecule has 2 rings (SSSR count). The third-order valence-corrected chi connectivity index (χ3v) is 4.20. The van der Waals surface area contributed by atoms with Crippen molar-refractivity contribution in [1.29, 1.82) is 0 Å². The van der Waals surface area contributed by atoms with E-state index in [1.54, 1.807) is 12.3 Å². The maximum atomic E-state index is 10.8. The Labute approximate surface area is 134 Å². The van der Waals surface area contributed by atoms with Gasteiger partial charge in [0.2, 0.25) is 0 Å². The fourth-order valence-electron chi connectivity index (χ4n) is 1.61. The summed E-state index contributed by atoms with van der Waals surface area (Å²) in [5.41, 5.74) is 2.47. The number of halogens is 2. The van der Waals surface area contributed by atoms with E-state index in [-0.39, 0.29) is 10.7 Å². The van der Waals surface area contributed by atoms with Crippen molar-refractivity contribution in [2.75, 3.05) is 0 Å². The summed E-state index contributed by atoms with van der Waals surface area (Å²) in [4.78, 5) is 14.6. The highest BCUT2D eigenvalue weighted by molar-refractivity contribution is 14.1. The van der Waals surface area contributed by atoms with E-state index in [0.717, 1.165) is 11.3 Å². The van der Waals surface area contributed by atoms with Crippen LogP contribution in [0.3, 0.4) is 0 Å². The van der Waals surface area contributed by atoms with Crippen LogP contribution in [0.1, 0.15) is 11.1 Å². The number of nitrogens with zero attached hydrogens (tertiary/aromatic N) is 2. The number of aryl methyl sites for hydroxylation is 1. The maximum absolute atomic E-state index is 10.8. The minimum atomic E-state index is -0.505. The Morgan fingerprint density at radius 3 is 2.70 bits per heavy atom. The van der Waals surface area contributed by atoms with Crippen molar-refractivity contribution in [2.45, 2.75) is 6.92 Å². The van der Waals surface area contributed by atoms with Gasteiger partial charge in [-0.25, -0.2) is 0 Å². The number of rotatable bonds is 3. The van der Waals surface area contributed by atoms with Crippen LogP contribution < -0.4 is 0 Å². The van der Waals surface area contributed by atoms with Gasteiger partial charge in [-0.05, 0) is 64.9 Å². The van der Waals surface area contributed by atoms with Gasteiger partial charge in [-0.2, -0.15) is 0 Å². The Hall–Kier alpha value is -1.47. The molecule has 0 bridgehead atoms. The summed E-state index contributed by atoms with van der Waals surface area (Å²) in [6, 6.07) is 10.4. The number of benzene rings is 2. The fourth-order valence-corrected chi connectivity index (χ4v) is 2.13. The van der Waals surface area contributed by atoms with Crippen LogP contribution in [0.4, 0.5) is 11.4 Å². The lowest BCUT2D eigenvalue weighted by Crippen LogP contribution is -1.91. The Bertz CT molecular complexity index is 702. The molecule has 0 saturated carbocycles. The zero-order chi connectivity index (χ0) is 14.7. The molecule has 0 aliphatic heterocycles. The van der Waals surface area contributed by atoms with Crippen molar-refractivity contribution in [1.82, 2.24) is 0 Å². The van der Waals surface area contributed by atoms with Gasteiger partial charge in [0, 0.05) is 15.9 Å². The van der Waals surface area contributed by atoms with E-state index >= 15 is 0 Å². The number of hydrogen-bond donors (Lipinski definition) is 0. The molecule has 0 spiro atoms. The molecule has 0 aromatic heterocycles. The monoisotopic (exact) mass is 400 g/mol. The summed E-state index contributed by atoms with van der Waals surface area (Å²) >= 11 is 8.01. The highest BCUT2D eigenvalue weighted by atomic mass is 127. The van der Waals surface area contributed by atoms with Gasteiger partial charge in [-0.15, -0.1) is 0 Å². The van der Waals surface area contributed by atoms with Gasteiger partial charge in [0.25, 0.3) is 5.69 Å². The molecular weight excluding hydrogens is 391 g/mol. The first kappa shape index (κ1) is 14.9. The van der Waals surface area contributed by atoms with Crippen LogP contribution in [0.2, 0.25) is 5.02 Å². The zero-order valence-electron chi connectivity index (χ0n) is 10.5. The number of hydrogen-bond acceptors (Lipinski definition) is 3. The van der Waals surface area contributed by atoms with Gasteiger partial charge in [-0.1, -0.05) is 17.7 Å². The molecule has 0 atom stereocenters. The second-order valence-electron chi connectivity index (χ2n) is 4.16. The minimum absolute atomic E-state index is 0.116. The molecule has 4 nitrogen and oxygen atoms in total. The first-order valence-electron chi connectivity index (χ1n) is 5.71. The Balaban J connectivity index is 2.29. The minimum Gasteiger partial charge on any atom is -0.258 e. The first-order chi connectivity index (χ1) is 9.47. The van der Waals surface area contributed by atoms with Crippen LogP contribution >= 0.6 is 34.2 Å². The van der Waals surface area contributed by atoms with Crippen LogP contribution in [0, 0.1) is 20.6 Å². The van der Waals surface area contributed by atoms with Crippen molar-refractivity contribution in [3.05, 3.63) is 66.2 Å². The molecular formula is C14H10ClIN2O2. The third-order valence-electron chi connectivity index (χ3n) is 2.67. The van der Waals surface area contributed by atoms with Gasteiger partial charge in [0.15, 0.2) is 0 Å². The normalized spacial score (nSPS) is 10.9. The Morgan fingerprint density at radius 2 is 2.05 bits per heavy atom. The molecule has 0 fully saturated rings. The average Bonchev–Trinajstić information content (AvgIpc) is 2.41. The van der Waals surface area contributed by atoms with Crippen LogP contribution in [0.25, 0.3) is 0 Å². The second-order valence-corrected chi connectivity index (χ2v) is 5.73. The Morgan fingerprint density at radius 1 is 1.30 bits per heavy atom. The molecule has 0 amide bonds. The van der Waals surface area contributed by atoms with E-state index in [4.69, 9.17) is 11.6 Å². The summed E-state index contributed by atoms with van der Waals surface area (Å²) in [5.74, 6) is 0. The van der Waals surface area contributed by atoms with Crippen molar-refractivity contribution in [3.8, 4) is 0 Å². The maximum Gasteiger partial charge on any atom is 0.288 e. The zero-order valence-corrected chi connectivity index (χ0v) is 13.4. The molecule has 2 aromatic rings. The van der Waals surface area contributed by atoms with E-state index in [0.29, 0.717) is 5.56 Å². The number of aliphatic imine (C=N–C) groups is 1. The van der Waals surface area contributed by atoms with Crippen LogP contribution in [-0.4, -0.2) is 11.1 Å². The highest BCUT2D eigenvalue weighted by Crippen LogP contribution is 2.25. The molecule has 0 saturated heterocycles. The van der Waals surface area contributed by atoms with Gasteiger partial charge < -0.3 is 0 Å². The molecule has 0 N–H and O–H groups in total. The largest absolute Gasteiger partial charge is 0.288 e. The van der Waals surface area contributed by atoms with E-state index in [9.17, 15) is 10.1 Å². The summed E-state index contributed by atoms with van der Waals surface area (Å²) in [5, 5.41) is 10.9. The smallest absolute Gasteiger partial charge is 0.258 e. The standard InChI is InChI=1S/C14H10ClIN2O2/c1-9-6-11(3-5-13(9)16)17-8-10-2-4-12(15)14(7-10)18(19)20/h2-8H,1H3. The average molecular weight is 401 g/mol. The van der Waals surface area contributed by atoms with Gasteiger partial charge in [0.05, 0.1) is 10.6 Å². The predicted molar refractivity (Wildman–Crippen MR) is 89.3 cm³/mol. The molecule has 0 heterocycles. The molecule has 102 valence electrons. The summed E-state index contributed by atoms with van der Waals surface area (Å²) in [7, 11) is 0. The molecule has 0 radical (unpaired) electrons. The SMILES string of the molecule is Cc1cc(N=Cc2ccc(Cl)c([N+](=O)[O-])c2)ccc1I. The van der Waals surface area contributed by atoms with Crippen LogP contribution in [0.5, 0.6) is 0 Å². The molecule has 6 heteroatoms. The first-order valence-corrected chi connectivity index (χ1v) is 7.17. The summed E-state index contributed by atoms with van der Waals surface area (Å²) in [6.45, 7) is 2.01. The lowest BCUT2D eigenvalue weighted by Gasteiger charge is -2.00. The van der Waals surface area contributed by atoms with Crippen molar-refractivity contribution >= 4 is 51.8 Å². The van der Waals surface area contributed by atoms with Gasteiger partial charge in [-0.3, -0.25) is 15.1 Å². The molecule has 0 aliphatic rings. The van der Waals surface area contributed by atoms with Gasteiger partial charge >= 0.3 is 0 Å². The number of nitro groups is 1. The van der Waals surface area contributed by atoms with E-state index in [2.05, 4.69) is 27.6 Å². The topological polar surface area (TPSA) is 55.5 Å². The lowest BCUT2D eigenvalue weighted by atomic mass is 10.2. The number of nitro benzene ring substituents is 1. The van der Waals surface area contributed by atoms with Crippen LogP contribution in [-0.2, 0) is 0 Å². The Kier molecular flexibility index (Phi) is 4.72. The third kappa shape index (κ3) is 3.55. The van der Waals surface area contributed by atoms with Crippen molar-refractivity contribution in [2.24, 2.45) is 4.99 Å². The summed E-state index contributed by atoms with van der Waals surface area (Å²) < 4.78 is 1.17. The van der Waals surface area contributed by atoms with Crippen molar-refractivity contribution < 1.29 is 4.92 Å². The van der Waals surface area contributed by atoms with Gasteiger partial charge in [0.1, 0.15) is 5.02 Å². The lowest BCUT2D eigenvalue weighted by molar-refractivity contribution is -0.384. The molecule has 0 unspecified atom stereocenters. The van der Waals surface area contributed by atoms with Crippen LogP contribution in [0.15, 0.2) is 41.4 Å². The van der Waals surface area contributed by atoms with E-state index < -0.39 is 4.92 Å². The quantitative estimate of drug-likeness (QED) is 0.318. The molecule has 2 aromatic carbocycles.